The first kappa shape index (κ1) is 23.3. The highest BCUT2D eigenvalue weighted by atomic mass is 16.5. The second-order valence-electron chi connectivity index (χ2n) is 7.46. The number of H-pyrrole nitrogens is 1. The van der Waals surface area contributed by atoms with Gasteiger partial charge in [-0.2, -0.15) is 5.10 Å². The van der Waals surface area contributed by atoms with Crippen LogP contribution in [0.15, 0.2) is 28.0 Å². The molecule has 3 aromatic rings. The molecule has 5 N–H and O–H groups in total. The first-order valence-electron chi connectivity index (χ1n) is 10.9. The quantitative estimate of drug-likeness (QED) is 0.214. The number of benzene rings is 1. The summed E-state index contributed by atoms with van der Waals surface area (Å²) in [5.41, 5.74) is 8.84. The van der Waals surface area contributed by atoms with Gasteiger partial charge in [-0.3, -0.25) is 14.5 Å². The molecular weight excluding hydrogens is 410 g/mol. The van der Waals surface area contributed by atoms with Crippen LogP contribution in [0.5, 0.6) is 5.75 Å². The number of ether oxygens (including phenoxy) is 1. The van der Waals surface area contributed by atoms with Crippen molar-refractivity contribution in [1.82, 2.24) is 19.7 Å². The lowest BCUT2D eigenvalue weighted by Crippen LogP contribution is -2.23. The van der Waals surface area contributed by atoms with E-state index in [1.807, 2.05) is 25.1 Å². The fourth-order valence-electron chi connectivity index (χ4n) is 3.37. The summed E-state index contributed by atoms with van der Waals surface area (Å²) in [6, 6.07) is 5.46. The molecule has 1 aromatic carbocycles. The number of hydrogen-bond acceptors (Lipinski definition) is 6. The smallest absolute Gasteiger partial charge is 0.277 e. The van der Waals surface area contributed by atoms with Gasteiger partial charge in [-0.1, -0.05) is 20.3 Å². The lowest BCUT2D eigenvalue weighted by molar-refractivity contribution is 0.291. The molecule has 0 spiro atoms. The summed E-state index contributed by atoms with van der Waals surface area (Å²) in [4.78, 5) is 24.7. The molecule has 32 heavy (non-hydrogen) atoms. The van der Waals surface area contributed by atoms with Gasteiger partial charge in [-0.05, 0) is 37.5 Å². The normalized spacial score (nSPS) is 11.8. The van der Waals surface area contributed by atoms with E-state index in [0.29, 0.717) is 53.4 Å². The summed E-state index contributed by atoms with van der Waals surface area (Å²) in [6.07, 6.45) is 3.01. The van der Waals surface area contributed by atoms with Gasteiger partial charge in [0.1, 0.15) is 17.1 Å². The third-order valence-electron chi connectivity index (χ3n) is 4.82. The third kappa shape index (κ3) is 5.25. The van der Waals surface area contributed by atoms with E-state index in [4.69, 9.17) is 20.6 Å². The zero-order chi connectivity index (χ0) is 23.1. The maximum atomic E-state index is 12.9. The van der Waals surface area contributed by atoms with Gasteiger partial charge in [0.05, 0.1) is 17.9 Å². The number of aromatic amines is 1. The van der Waals surface area contributed by atoms with E-state index in [1.165, 1.54) is 0 Å². The zero-order valence-electron chi connectivity index (χ0n) is 18.8. The molecule has 0 aliphatic heterocycles. The molecule has 10 nitrogen and oxygen atoms in total. The lowest BCUT2D eigenvalue weighted by atomic mass is 10.1. The number of rotatable bonds is 10. The minimum Gasteiger partial charge on any atom is -0.493 e. The number of nitrogens with two attached hydrogens (primary N) is 1. The van der Waals surface area contributed by atoms with Crippen molar-refractivity contribution >= 4 is 22.7 Å². The average Bonchev–Trinajstić information content (AvgIpc) is 3.09. The Balaban J connectivity index is 2.07. The van der Waals surface area contributed by atoms with Crippen molar-refractivity contribution in [1.29, 1.82) is 0 Å². The number of aromatic nitrogens is 4. The molecule has 172 valence electrons. The molecular formula is C22H31N7O3. The Morgan fingerprint density at radius 1 is 1.34 bits per heavy atom. The van der Waals surface area contributed by atoms with E-state index in [-0.39, 0.29) is 18.1 Å². The van der Waals surface area contributed by atoms with E-state index in [2.05, 4.69) is 27.3 Å². The van der Waals surface area contributed by atoms with Gasteiger partial charge in [0.15, 0.2) is 11.5 Å². The van der Waals surface area contributed by atoms with Crippen molar-refractivity contribution in [2.45, 2.75) is 39.5 Å². The molecule has 0 aliphatic rings. The Labute approximate surface area is 186 Å². The number of aliphatic hydroxyl groups is 1. The van der Waals surface area contributed by atoms with Gasteiger partial charge in [-0.25, -0.2) is 4.98 Å². The van der Waals surface area contributed by atoms with Crippen molar-refractivity contribution in [3.8, 4) is 17.1 Å². The molecule has 0 atom stereocenters. The number of fused-ring (bicyclic) bond motifs is 1. The fraction of sp³-hybridized carbons (Fsp3) is 0.455. The largest absolute Gasteiger partial charge is 0.493 e. The summed E-state index contributed by atoms with van der Waals surface area (Å²) in [6.45, 7) is 5.10. The lowest BCUT2D eigenvalue weighted by Gasteiger charge is -2.13. The van der Waals surface area contributed by atoms with Gasteiger partial charge in [0.25, 0.3) is 5.56 Å². The van der Waals surface area contributed by atoms with Gasteiger partial charge >= 0.3 is 0 Å². The maximum absolute atomic E-state index is 12.9. The van der Waals surface area contributed by atoms with E-state index in [1.54, 1.807) is 11.7 Å². The van der Waals surface area contributed by atoms with Crippen molar-refractivity contribution in [3.63, 3.8) is 0 Å². The van der Waals surface area contributed by atoms with Gasteiger partial charge in [0, 0.05) is 25.9 Å². The molecule has 0 fully saturated rings. The molecule has 2 heterocycles. The summed E-state index contributed by atoms with van der Waals surface area (Å²) in [5, 5.41) is 16.4. The van der Waals surface area contributed by atoms with E-state index in [0.717, 1.165) is 25.0 Å². The number of aliphatic imine (C=N–C) groups is 1. The van der Waals surface area contributed by atoms with E-state index in [9.17, 15) is 4.79 Å². The molecule has 0 bridgehead atoms. The molecule has 0 radical (unpaired) electrons. The van der Waals surface area contributed by atoms with Crippen LogP contribution in [0.2, 0.25) is 0 Å². The number of nitrogens with one attached hydrogen (secondary N) is 2. The summed E-state index contributed by atoms with van der Waals surface area (Å²) >= 11 is 0. The van der Waals surface area contributed by atoms with E-state index < -0.39 is 0 Å². The Morgan fingerprint density at radius 3 is 2.88 bits per heavy atom. The van der Waals surface area contributed by atoms with Gasteiger partial charge in [0.2, 0.25) is 0 Å². The standard InChI is InChI=1S/C22H31N7O3/c1-4-7-16-18-19(29(3)28-16)21(31)27-20(26-18)15-13-14(8-9-17(15)32-12-5-2)25-22(23)24-10-6-11-30/h8-9,13,30H,4-7,10-12H2,1-3H3,(H3,23,24,25)(H,26,27,31). The van der Waals surface area contributed by atoms with Crippen LogP contribution >= 0.6 is 0 Å². The minimum atomic E-state index is -0.257. The Bertz CT molecular complexity index is 1150. The van der Waals surface area contributed by atoms with Crippen LogP contribution in [0.25, 0.3) is 22.4 Å². The Kier molecular flexibility index (Phi) is 7.82. The van der Waals surface area contributed by atoms with Gasteiger partial charge in [-0.15, -0.1) is 0 Å². The van der Waals surface area contributed by atoms with Crippen LogP contribution in [0.1, 0.15) is 38.8 Å². The van der Waals surface area contributed by atoms with Crippen LogP contribution in [-0.2, 0) is 13.5 Å². The zero-order valence-corrected chi connectivity index (χ0v) is 18.8. The summed E-state index contributed by atoms with van der Waals surface area (Å²) in [5.74, 6) is 1.25. The molecule has 0 saturated carbocycles. The van der Waals surface area contributed by atoms with Crippen LogP contribution in [0.3, 0.4) is 0 Å². The number of hydrogen-bond donors (Lipinski definition) is 4. The third-order valence-corrected chi connectivity index (χ3v) is 4.82. The predicted octanol–water partition coefficient (Wildman–Crippen LogP) is 2.17. The van der Waals surface area contributed by atoms with Crippen molar-refractivity contribution < 1.29 is 9.84 Å². The molecule has 0 unspecified atom stereocenters. The first-order valence-corrected chi connectivity index (χ1v) is 10.9. The molecule has 0 amide bonds. The molecule has 0 saturated heterocycles. The number of anilines is 1. The van der Waals surface area contributed by atoms with E-state index >= 15 is 0 Å². The Morgan fingerprint density at radius 2 is 2.16 bits per heavy atom. The molecule has 3 rings (SSSR count). The number of guanidine groups is 1. The van der Waals surface area contributed by atoms with Crippen molar-refractivity contribution in [2.24, 2.45) is 17.8 Å². The fourth-order valence-corrected chi connectivity index (χ4v) is 3.37. The highest BCUT2D eigenvalue weighted by molar-refractivity contribution is 5.93. The highest BCUT2D eigenvalue weighted by Crippen LogP contribution is 2.31. The second kappa shape index (κ2) is 10.8. The summed E-state index contributed by atoms with van der Waals surface area (Å²) in [7, 11) is 1.75. The SMILES string of the molecule is CCCOc1ccc(NC(N)=NCCCO)cc1-c1nc2c(CCC)nn(C)c2c(=O)[nH]1. The molecule has 10 heteroatoms. The number of nitrogens with zero attached hydrogens (tertiary/aromatic N) is 4. The van der Waals surface area contributed by atoms with Crippen LogP contribution in [0, 0.1) is 0 Å². The molecule has 0 aliphatic carbocycles. The Hall–Kier alpha value is -3.40. The maximum Gasteiger partial charge on any atom is 0.277 e. The second-order valence-corrected chi connectivity index (χ2v) is 7.46. The average molecular weight is 442 g/mol. The predicted molar refractivity (Wildman–Crippen MR) is 126 cm³/mol. The molecule has 2 aromatic heterocycles. The van der Waals surface area contributed by atoms with Gasteiger partial charge < -0.3 is 25.9 Å². The van der Waals surface area contributed by atoms with Crippen molar-refractivity contribution in [2.75, 3.05) is 25.1 Å². The minimum absolute atomic E-state index is 0.0558. The topological polar surface area (TPSA) is 143 Å². The highest BCUT2D eigenvalue weighted by Gasteiger charge is 2.18. The van der Waals surface area contributed by atoms with Crippen LogP contribution < -0.4 is 21.3 Å². The summed E-state index contributed by atoms with van der Waals surface area (Å²) < 4.78 is 7.49. The number of aryl methyl sites for hydroxylation is 2. The van der Waals surface area contributed by atoms with Crippen LogP contribution in [-0.4, -0.2) is 50.6 Å². The van der Waals surface area contributed by atoms with Crippen LogP contribution in [0.4, 0.5) is 5.69 Å². The first-order chi connectivity index (χ1) is 15.5. The monoisotopic (exact) mass is 441 g/mol. The van der Waals surface area contributed by atoms with Crippen molar-refractivity contribution in [3.05, 3.63) is 34.2 Å². The number of aliphatic hydroxyl groups excluding tert-OH is 1.